The minimum absolute atomic E-state index is 0.0933. The van der Waals surface area contributed by atoms with Crippen LogP contribution in [0, 0.1) is 0 Å². The summed E-state index contributed by atoms with van der Waals surface area (Å²) in [6.45, 7) is 0. The van der Waals surface area contributed by atoms with Crippen LogP contribution in [0.25, 0.3) is 6.08 Å². The van der Waals surface area contributed by atoms with Crippen molar-refractivity contribution in [3.63, 3.8) is 0 Å². The molecular formula is C16H17NOS2. The van der Waals surface area contributed by atoms with Crippen molar-refractivity contribution in [2.45, 2.75) is 38.1 Å². The van der Waals surface area contributed by atoms with E-state index in [1.807, 2.05) is 41.3 Å². The molecule has 1 saturated heterocycles. The fourth-order valence-electron chi connectivity index (χ4n) is 2.83. The van der Waals surface area contributed by atoms with E-state index in [1.165, 1.54) is 31.0 Å². The number of thioether (sulfide) groups is 1. The van der Waals surface area contributed by atoms with E-state index >= 15 is 0 Å². The highest BCUT2D eigenvalue weighted by molar-refractivity contribution is 8.26. The zero-order valence-corrected chi connectivity index (χ0v) is 12.9. The standard InChI is InChI=1S/C16H17NOS2/c18-15-14(11-12-7-3-1-4-8-12)20-16(19)17(15)13-9-5-2-6-10-13/h1,3-4,7-8,11,13H,2,5-6,9-10H2/b14-11-. The smallest absolute Gasteiger partial charge is 0.266 e. The number of amides is 1. The normalized spacial score (nSPS) is 22.8. The third-order valence-electron chi connectivity index (χ3n) is 3.86. The van der Waals surface area contributed by atoms with Gasteiger partial charge in [0.25, 0.3) is 5.91 Å². The molecule has 2 aliphatic rings. The van der Waals surface area contributed by atoms with Crippen molar-refractivity contribution in [2.24, 2.45) is 0 Å². The van der Waals surface area contributed by atoms with E-state index in [4.69, 9.17) is 12.2 Å². The van der Waals surface area contributed by atoms with Crippen LogP contribution in [0.2, 0.25) is 0 Å². The maximum atomic E-state index is 12.6. The number of hydrogen-bond acceptors (Lipinski definition) is 3. The Balaban J connectivity index is 1.81. The van der Waals surface area contributed by atoms with Crippen LogP contribution in [-0.2, 0) is 4.79 Å². The predicted molar refractivity (Wildman–Crippen MR) is 88.3 cm³/mol. The van der Waals surface area contributed by atoms with Gasteiger partial charge in [-0.05, 0) is 24.5 Å². The highest BCUT2D eigenvalue weighted by Gasteiger charge is 2.37. The fraction of sp³-hybridized carbons (Fsp3) is 0.375. The highest BCUT2D eigenvalue weighted by atomic mass is 32.2. The Labute approximate surface area is 129 Å². The van der Waals surface area contributed by atoms with E-state index in [0.717, 1.165) is 27.6 Å². The van der Waals surface area contributed by atoms with Crippen molar-refractivity contribution in [3.8, 4) is 0 Å². The third kappa shape index (κ3) is 2.81. The molecule has 1 heterocycles. The fourth-order valence-corrected chi connectivity index (χ4v) is 4.23. The maximum absolute atomic E-state index is 12.6. The lowest BCUT2D eigenvalue weighted by atomic mass is 9.94. The quantitative estimate of drug-likeness (QED) is 0.602. The number of thiocarbonyl (C=S) groups is 1. The number of rotatable bonds is 2. The first-order valence-electron chi connectivity index (χ1n) is 7.08. The maximum Gasteiger partial charge on any atom is 0.266 e. The number of nitrogens with zero attached hydrogens (tertiary/aromatic N) is 1. The zero-order valence-electron chi connectivity index (χ0n) is 11.2. The first kappa shape index (κ1) is 13.8. The van der Waals surface area contributed by atoms with Crippen molar-refractivity contribution in [3.05, 3.63) is 40.8 Å². The summed E-state index contributed by atoms with van der Waals surface area (Å²) in [6, 6.07) is 10.3. The summed E-state index contributed by atoms with van der Waals surface area (Å²) >= 11 is 6.86. The van der Waals surface area contributed by atoms with Crippen LogP contribution in [0.1, 0.15) is 37.7 Å². The van der Waals surface area contributed by atoms with Gasteiger partial charge in [0.05, 0.1) is 4.91 Å². The van der Waals surface area contributed by atoms with Gasteiger partial charge in [0, 0.05) is 6.04 Å². The van der Waals surface area contributed by atoms with Gasteiger partial charge in [-0.1, -0.05) is 73.6 Å². The Morgan fingerprint density at radius 2 is 1.85 bits per heavy atom. The second-order valence-corrected chi connectivity index (χ2v) is 6.93. The SMILES string of the molecule is O=C1/C(=C/c2ccccc2)SC(=S)N1C1CCCCC1. The lowest BCUT2D eigenvalue weighted by molar-refractivity contribution is -0.124. The van der Waals surface area contributed by atoms with Crippen LogP contribution in [0.3, 0.4) is 0 Å². The minimum Gasteiger partial charge on any atom is -0.290 e. The van der Waals surface area contributed by atoms with Crippen LogP contribution in [0.5, 0.6) is 0 Å². The molecule has 0 spiro atoms. The Morgan fingerprint density at radius 1 is 1.15 bits per heavy atom. The van der Waals surface area contributed by atoms with E-state index < -0.39 is 0 Å². The van der Waals surface area contributed by atoms with Gasteiger partial charge < -0.3 is 0 Å². The molecule has 104 valence electrons. The van der Waals surface area contributed by atoms with Gasteiger partial charge >= 0.3 is 0 Å². The molecule has 4 heteroatoms. The van der Waals surface area contributed by atoms with Gasteiger partial charge in [-0.3, -0.25) is 9.69 Å². The average molecular weight is 303 g/mol. The number of carbonyl (C=O) groups is 1. The zero-order chi connectivity index (χ0) is 13.9. The van der Waals surface area contributed by atoms with Gasteiger partial charge in [-0.15, -0.1) is 0 Å². The molecule has 1 aromatic carbocycles. The summed E-state index contributed by atoms with van der Waals surface area (Å²) in [5.41, 5.74) is 1.05. The lowest BCUT2D eigenvalue weighted by Crippen LogP contribution is -2.39. The van der Waals surface area contributed by atoms with Crippen molar-refractivity contribution in [1.82, 2.24) is 4.90 Å². The summed E-state index contributed by atoms with van der Waals surface area (Å²) in [5.74, 6) is 0.0933. The van der Waals surface area contributed by atoms with E-state index in [2.05, 4.69) is 0 Å². The minimum atomic E-state index is 0.0933. The first-order chi connectivity index (χ1) is 9.75. The van der Waals surface area contributed by atoms with Gasteiger partial charge in [-0.2, -0.15) is 0 Å². The molecule has 2 fully saturated rings. The van der Waals surface area contributed by atoms with Crippen LogP contribution in [0.15, 0.2) is 35.2 Å². The Bertz CT molecular complexity index is 547. The molecule has 0 unspecified atom stereocenters. The molecule has 2 nitrogen and oxygen atoms in total. The molecule has 1 saturated carbocycles. The van der Waals surface area contributed by atoms with Crippen LogP contribution < -0.4 is 0 Å². The Kier molecular flexibility index (Phi) is 4.22. The molecule has 0 N–H and O–H groups in total. The number of carbonyl (C=O) groups excluding carboxylic acids is 1. The second-order valence-electron chi connectivity index (χ2n) is 5.25. The van der Waals surface area contributed by atoms with E-state index in [1.54, 1.807) is 0 Å². The highest BCUT2D eigenvalue weighted by Crippen LogP contribution is 2.37. The molecule has 1 aliphatic heterocycles. The molecule has 1 aromatic rings. The molecule has 20 heavy (non-hydrogen) atoms. The number of hydrogen-bond donors (Lipinski definition) is 0. The summed E-state index contributed by atoms with van der Waals surface area (Å²) < 4.78 is 0.726. The molecule has 0 bridgehead atoms. The number of benzene rings is 1. The third-order valence-corrected chi connectivity index (χ3v) is 5.19. The van der Waals surface area contributed by atoms with Gasteiger partial charge in [-0.25, -0.2) is 0 Å². The molecule has 1 aliphatic carbocycles. The molecule has 1 amide bonds. The second kappa shape index (κ2) is 6.10. The molecule has 3 rings (SSSR count). The van der Waals surface area contributed by atoms with Crippen molar-refractivity contribution in [1.29, 1.82) is 0 Å². The van der Waals surface area contributed by atoms with Crippen molar-refractivity contribution >= 4 is 40.3 Å². The summed E-state index contributed by atoms with van der Waals surface area (Å²) in [5, 5.41) is 0. The molecule has 0 radical (unpaired) electrons. The van der Waals surface area contributed by atoms with E-state index in [9.17, 15) is 4.79 Å². The largest absolute Gasteiger partial charge is 0.290 e. The summed E-state index contributed by atoms with van der Waals surface area (Å²) in [4.78, 5) is 15.2. The topological polar surface area (TPSA) is 20.3 Å². The lowest BCUT2D eigenvalue weighted by Gasteiger charge is -2.29. The predicted octanol–water partition coefficient (Wildman–Crippen LogP) is 4.22. The monoisotopic (exact) mass is 303 g/mol. The summed E-state index contributed by atoms with van der Waals surface area (Å²) in [7, 11) is 0. The average Bonchev–Trinajstić information content (AvgIpc) is 2.75. The molecular weight excluding hydrogens is 286 g/mol. The van der Waals surface area contributed by atoms with Crippen molar-refractivity contribution in [2.75, 3.05) is 0 Å². The van der Waals surface area contributed by atoms with Gasteiger partial charge in [0.2, 0.25) is 0 Å². The molecule has 0 atom stereocenters. The van der Waals surface area contributed by atoms with Crippen LogP contribution in [0.4, 0.5) is 0 Å². The Morgan fingerprint density at radius 3 is 2.55 bits per heavy atom. The van der Waals surface area contributed by atoms with Crippen molar-refractivity contribution < 1.29 is 4.79 Å². The van der Waals surface area contributed by atoms with Gasteiger partial charge in [0.1, 0.15) is 4.32 Å². The van der Waals surface area contributed by atoms with Gasteiger partial charge in [0.15, 0.2) is 0 Å². The van der Waals surface area contributed by atoms with E-state index in [0.29, 0.717) is 6.04 Å². The first-order valence-corrected chi connectivity index (χ1v) is 8.30. The van der Waals surface area contributed by atoms with Crippen LogP contribution >= 0.6 is 24.0 Å². The van der Waals surface area contributed by atoms with Crippen LogP contribution in [-0.4, -0.2) is 21.2 Å². The molecule has 0 aromatic heterocycles. The Hall–Kier alpha value is -1.13. The van der Waals surface area contributed by atoms with E-state index in [-0.39, 0.29) is 5.91 Å². The summed E-state index contributed by atoms with van der Waals surface area (Å²) in [6.07, 6.45) is 7.82.